The minimum atomic E-state index is 0.0532. The molecule has 1 aliphatic heterocycles. The van der Waals surface area contributed by atoms with Crippen LogP contribution in [0.4, 0.5) is 0 Å². The van der Waals surface area contributed by atoms with Crippen molar-refractivity contribution in [3.05, 3.63) is 34.4 Å². The van der Waals surface area contributed by atoms with Gasteiger partial charge in [-0.2, -0.15) is 0 Å². The standard InChI is InChI=1S/C16H21NO2/c1-10-5-12(3)16(13(4)6-10)14(18)9-17-8-11(2)7-15(17)19/h5-6,11H,7-9H2,1-4H3. The Balaban J connectivity index is 2.19. The fourth-order valence-corrected chi connectivity index (χ4v) is 2.99. The van der Waals surface area contributed by atoms with E-state index < -0.39 is 0 Å². The maximum absolute atomic E-state index is 12.4. The maximum Gasteiger partial charge on any atom is 0.223 e. The van der Waals surface area contributed by atoms with Gasteiger partial charge in [0.2, 0.25) is 5.91 Å². The average Bonchev–Trinajstić information content (AvgIpc) is 2.55. The molecule has 1 atom stereocenters. The molecule has 0 bridgehead atoms. The third kappa shape index (κ3) is 2.86. The van der Waals surface area contributed by atoms with E-state index in [-0.39, 0.29) is 18.2 Å². The van der Waals surface area contributed by atoms with Gasteiger partial charge in [0.05, 0.1) is 6.54 Å². The normalized spacial score (nSPS) is 19.1. The lowest BCUT2D eigenvalue weighted by atomic mass is 9.96. The van der Waals surface area contributed by atoms with Crippen LogP contribution < -0.4 is 0 Å². The molecular formula is C16H21NO2. The summed E-state index contributed by atoms with van der Waals surface area (Å²) in [6, 6.07) is 4.04. The number of rotatable bonds is 3. The molecule has 0 aliphatic carbocycles. The number of nitrogens with zero attached hydrogens (tertiary/aromatic N) is 1. The molecule has 0 radical (unpaired) electrons. The van der Waals surface area contributed by atoms with Crippen LogP contribution in [0.2, 0.25) is 0 Å². The molecule has 102 valence electrons. The van der Waals surface area contributed by atoms with Crippen molar-refractivity contribution in [1.82, 2.24) is 4.90 Å². The van der Waals surface area contributed by atoms with Crippen LogP contribution in [0.25, 0.3) is 0 Å². The molecule has 1 aliphatic rings. The van der Waals surface area contributed by atoms with E-state index in [0.29, 0.717) is 18.9 Å². The van der Waals surface area contributed by atoms with E-state index in [1.54, 1.807) is 4.90 Å². The van der Waals surface area contributed by atoms with Crippen molar-refractivity contribution in [3.63, 3.8) is 0 Å². The first kappa shape index (κ1) is 13.8. The van der Waals surface area contributed by atoms with Gasteiger partial charge < -0.3 is 4.90 Å². The fourth-order valence-electron chi connectivity index (χ4n) is 2.99. The first-order chi connectivity index (χ1) is 8.88. The first-order valence-corrected chi connectivity index (χ1v) is 6.77. The van der Waals surface area contributed by atoms with Crippen LogP contribution in [0.5, 0.6) is 0 Å². The molecule has 1 aromatic rings. The molecule has 2 rings (SSSR count). The van der Waals surface area contributed by atoms with Crippen molar-refractivity contribution in [2.24, 2.45) is 5.92 Å². The lowest BCUT2D eigenvalue weighted by molar-refractivity contribution is -0.127. The van der Waals surface area contributed by atoms with E-state index >= 15 is 0 Å². The van der Waals surface area contributed by atoms with Crippen LogP contribution in [-0.4, -0.2) is 29.7 Å². The van der Waals surface area contributed by atoms with Gasteiger partial charge in [-0.15, -0.1) is 0 Å². The molecule has 1 heterocycles. The van der Waals surface area contributed by atoms with Crippen molar-refractivity contribution >= 4 is 11.7 Å². The van der Waals surface area contributed by atoms with Crippen LogP contribution >= 0.6 is 0 Å². The largest absolute Gasteiger partial charge is 0.335 e. The van der Waals surface area contributed by atoms with E-state index in [1.165, 1.54) is 0 Å². The lowest BCUT2D eigenvalue weighted by Crippen LogP contribution is -2.31. The number of hydrogen-bond acceptors (Lipinski definition) is 2. The van der Waals surface area contributed by atoms with Crippen molar-refractivity contribution in [2.45, 2.75) is 34.1 Å². The van der Waals surface area contributed by atoms with Crippen molar-refractivity contribution in [2.75, 3.05) is 13.1 Å². The second-order valence-electron chi connectivity index (χ2n) is 5.78. The molecule has 0 N–H and O–H groups in total. The minimum Gasteiger partial charge on any atom is -0.335 e. The molecule has 3 heteroatoms. The van der Waals surface area contributed by atoms with Gasteiger partial charge in [-0.05, 0) is 37.8 Å². The number of hydrogen-bond donors (Lipinski definition) is 0. The van der Waals surface area contributed by atoms with E-state index in [1.807, 2.05) is 39.8 Å². The van der Waals surface area contributed by atoms with Crippen molar-refractivity contribution in [3.8, 4) is 0 Å². The third-order valence-corrected chi connectivity index (χ3v) is 3.70. The molecule has 1 saturated heterocycles. The van der Waals surface area contributed by atoms with E-state index in [4.69, 9.17) is 0 Å². The first-order valence-electron chi connectivity index (χ1n) is 6.77. The van der Waals surface area contributed by atoms with E-state index in [0.717, 1.165) is 22.3 Å². The fraction of sp³-hybridized carbons (Fsp3) is 0.500. The summed E-state index contributed by atoms with van der Waals surface area (Å²) in [5.41, 5.74) is 3.94. The summed E-state index contributed by atoms with van der Waals surface area (Å²) in [7, 11) is 0. The van der Waals surface area contributed by atoms with Crippen molar-refractivity contribution < 1.29 is 9.59 Å². The van der Waals surface area contributed by atoms with Crippen LogP contribution in [0.15, 0.2) is 12.1 Å². The highest BCUT2D eigenvalue weighted by Gasteiger charge is 2.28. The number of ketones is 1. The summed E-state index contributed by atoms with van der Waals surface area (Å²) in [4.78, 5) is 25.8. The predicted octanol–water partition coefficient (Wildman–Crippen LogP) is 2.66. The Bertz CT molecular complexity index is 511. The number of carbonyl (C=O) groups is 2. The van der Waals surface area contributed by atoms with Gasteiger partial charge in [-0.3, -0.25) is 9.59 Å². The van der Waals surface area contributed by atoms with Gasteiger partial charge in [0.25, 0.3) is 0 Å². The number of Topliss-reactive ketones (excluding diaryl/α,β-unsaturated/α-hetero) is 1. The summed E-state index contributed by atoms with van der Waals surface area (Å²) in [5, 5.41) is 0. The quantitative estimate of drug-likeness (QED) is 0.783. The van der Waals surface area contributed by atoms with Gasteiger partial charge in [0.15, 0.2) is 5.78 Å². The van der Waals surface area contributed by atoms with Gasteiger partial charge in [0.1, 0.15) is 0 Å². The Morgan fingerprint density at radius 2 is 1.84 bits per heavy atom. The molecule has 1 aromatic carbocycles. The zero-order chi connectivity index (χ0) is 14.2. The Morgan fingerprint density at radius 3 is 2.32 bits per heavy atom. The summed E-state index contributed by atoms with van der Waals surface area (Å²) >= 11 is 0. The van der Waals surface area contributed by atoms with Crippen LogP contribution in [0, 0.1) is 26.7 Å². The maximum atomic E-state index is 12.4. The molecule has 3 nitrogen and oxygen atoms in total. The predicted molar refractivity (Wildman–Crippen MR) is 75.3 cm³/mol. The molecule has 1 fully saturated rings. The topological polar surface area (TPSA) is 37.4 Å². The smallest absolute Gasteiger partial charge is 0.223 e. The monoisotopic (exact) mass is 259 g/mol. The SMILES string of the molecule is Cc1cc(C)c(C(=O)CN2CC(C)CC2=O)c(C)c1. The average molecular weight is 259 g/mol. The zero-order valence-corrected chi connectivity index (χ0v) is 12.1. The second-order valence-corrected chi connectivity index (χ2v) is 5.78. The minimum absolute atomic E-state index is 0.0532. The highest BCUT2D eigenvalue weighted by molar-refractivity contribution is 6.02. The van der Waals surface area contributed by atoms with Gasteiger partial charge in [-0.25, -0.2) is 0 Å². The third-order valence-electron chi connectivity index (χ3n) is 3.70. The Kier molecular flexibility index (Phi) is 3.74. The summed E-state index contributed by atoms with van der Waals surface area (Å²) in [6.07, 6.45) is 0.569. The number of aryl methyl sites for hydroxylation is 3. The Labute approximate surface area is 114 Å². The van der Waals surface area contributed by atoms with Gasteiger partial charge in [0, 0.05) is 18.5 Å². The van der Waals surface area contributed by atoms with Crippen molar-refractivity contribution in [1.29, 1.82) is 0 Å². The highest BCUT2D eigenvalue weighted by atomic mass is 16.2. The lowest BCUT2D eigenvalue weighted by Gasteiger charge is -2.17. The highest BCUT2D eigenvalue weighted by Crippen LogP contribution is 2.20. The molecule has 1 unspecified atom stereocenters. The molecule has 0 spiro atoms. The molecule has 19 heavy (non-hydrogen) atoms. The Hall–Kier alpha value is -1.64. The molecule has 1 amide bonds. The zero-order valence-electron chi connectivity index (χ0n) is 12.1. The van der Waals surface area contributed by atoms with Gasteiger partial charge in [-0.1, -0.05) is 24.6 Å². The molecule has 0 saturated carbocycles. The number of benzene rings is 1. The second kappa shape index (κ2) is 5.16. The summed E-state index contributed by atoms with van der Waals surface area (Å²) in [5.74, 6) is 0.515. The summed E-state index contributed by atoms with van der Waals surface area (Å²) in [6.45, 7) is 8.91. The van der Waals surface area contributed by atoms with Crippen LogP contribution in [0.3, 0.4) is 0 Å². The van der Waals surface area contributed by atoms with Crippen LogP contribution in [-0.2, 0) is 4.79 Å². The molecule has 0 aromatic heterocycles. The number of carbonyl (C=O) groups excluding carboxylic acids is 2. The van der Waals surface area contributed by atoms with E-state index in [2.05, 4.69) is 0 Å². The molecular weight excluding hydrogens is 238 g/mol. The number of likely N-dealkylation sites (tertiary alicyclic amines) is 1. The van der Waals surface area contributed by atoms with E-state index in [9.17, 15) is 9.59 Å². The van der Waals surface area contributed by atoms with Gasteiger partial charge >= 0.3 is 0 Å². The summed E-state index contributed by atoms with van der Waals surface area (Å²) < 4.78 is 0. The number of amides is 1. The Morgan fingerprint density at radius 1 is 1.26 bits per heavy atom. The van der Waals surface area contributed by atoms with Crippen LogP contribution in [0.1, 0.15) is 40.4 Å².